The van der Waals surface area contributed by atoms with Gasteiger partial charge in [-0.15, -0.1) is 0 Å². The predicted molar refractivity (Wildman–Crippen MR) is 178 cm³/mol. The summed E-state index contributed by atoms with van der Waals surface area (Å²) in [6.45, 7) is 1.60. The standard InChI is InChI=1S/C31H22BrCl2N3O6S2/c1-2-43-30(41)16-5-10-19(11-6-16)37-27(39)24-23(15-3-7-17(32)8-4-15)26-29(44-25(24)28(37)40)36(31(42)45-26)14-22(38)35-18-9-12-20(33)21(34)13-18/h3-13,23-25H,2,14H2,1H3,(H,35,38). The number of imide groups is 1. The van der Waals surface area contributed by atoms with E-state index in [0.29, 0.717) is 31.9 Å². The maximum Gasteiger partial charge on any atom is 0.338 e. The van der Waals surface area contributed by atoms with Gasteiger partial charge in [0.15, 0.2) is 0 Å². The topological polar surface area (TPSA) is 115 Å². The van der Waals surface area contributed by atoms with Crippen molar-refractivity contribution in [3.05, 3.63) is 107 Å². The van der Waals surface area contributed by atoms with E-state index in [0.717, 1.165) is 38.0 Å². The lowest BCUT2D eigenvalue weighted by atomic mass is 9.83. The molecule has 230 valence electrons. The highest BCUT2D eigenvalue weighted by molar-refractivity contribution is 9.10. The Kier molecular flexibility index (Phi) is 8.95. The van der Waals surface area contributed by atoms with Crippen LogP contribution in [0, 0.1) is 5.92 Å². The second kappa shape index (κ2) is 12.8. The zero-order chi connectivity index (χ0) is 32.0. The number of nitrogens with zero attached hydrogens (tertiary/aromatic N) is 2. The van der Waals surface area contributed by atoms with Crippen molar-refractivity contribution in [2.24, 2.45) is 5.92 Å². The molecule has 3 amide bonds. The maximum atomic E-state index is 14.1. The molecule has 3 unspecified atom stereocenters. The average molecular weight is 747 g/mol. The van der Waals surface area contributed by atoms with Gasteiger partial charge in [-0.05, 0) is 67.1 Å². The Morgan fingerprint density at radius 2 is 1.67 bits per heavy atom. The Hall–Kier alpha value is -3.42. The van der Waals surface area contributed by atoms with Crippen LogP contribution in [0.25, 0.3) is 0 Å². The number of thiazole rings is 1. The fourth-order valence-corrected chi connectivity index (χ4v) is 8.75. The van der Waals surface area contributed by atoms with Crippen LogP contribution in [0.15, 0.2) is 81.0 Å². The molecule has 0 saturated carbocycles. The van der Waals surface area contributed by atoms with E-state index in [-0.39, 0.29) is 23.0 Å². The highest BCUT2D eigenvalue weighted by atomic mass is 79.9. The second-order valence-corrected chi connectivity index (χ2v) is 14.0. The first-order chi connectivity index (χ1) is 21.6. The molecule has 3 aromatic carbocycles. The first kappa shape index (κ1) is 31.6. The Bertz CT molecular complexity index is 1910. The van der Waals surface area contributed by atoms with Crippen LogP contribution in [0.3, 0.4) is 0 Å². The Morgan fingerprint density at radius 3 is 2.33 bits per heavy atom. The van der Waals surface area contributed by atoms with Gasteiger partial charge < -0.3 is 10.1 Å². The van der Waals surface area contributed by atoms with Crippen LogP contribution < -0.4 is 15.1 Å². The molecule has 1 aromatic heterocycles. The number of thioether (sulfide) groups is 1. The number of hydrogen-bond donors (Lipinski definition) is 1. The SMILES string of the molecule is CCOC(=O)c1ccc(N2C(=O)C3Sc4c(sc(=O)n4CC(=O)Nc4ccc(Cl)c(Cl)c4)C(c4ccc(Br)cc4)C3C2=O)cc1. The number of carbonyl (C=O) groups excluding carboxylic acids is 4. The van der Waals surface area contributed by atoms with Gasteiger partial charge >= 0.3 is 10.8 Å². The number of amides is 3. The molecule has 0 aliphatic carbocycles. The van der Waals surface area contributed by atoms with Crippen molar-refractivity contribution in [1.82, 2.24) is 4.57 Å². The molecule has 9 nitrogen and oxygen atoms in total. The van der Waals surface area contributed by atoms with Gasteiger partial charge in [-0.3, -0.25) is 23.7 Å². The molecule has 1 fully saturated rings. The highest BCUT2D eigenvalue weighted by Gasteiger charge is 2.56. The quantitative estimate of drug-likeness (QED) is 0.168. The Morgan fingerprint density at radius 1 is 0.956 bits per heavy atom. The summed E-state index contributed by atoms with van der Waals surface area (Å²) in [5, 5.41) is 2.93. The fourth-order valence-electron chi connectivity index (χ4n) is 5.42. The van der Waals surface area contributed by atoms with E-state index in [4.69, 9.17) is 27.9 Å². The summed E-state index contributed by atoms with van der Waals surface area (Å²) in [5.41, 5.74) is 1.78. The monoisotopic (exact) mass is 745 g/mol. The lowest BCUT2D eigenvalue weighted by Crippen LogP contribution is -2.33. The Labute approximate surface area is 283 Å². The number of halogens is 3. The van der Waals surface area contributed by atoms with Gasteiger partial charge in [0.2, 0.25) is 17.7 Å². The minimum atomic E-state index is -0.859. The third kappa shape index (κ3) is 5.97. The van der Waals surface area contributed by atoms with E-state index in [1.165, 1.54) is 34.9 Å². The third-order valence-electron chi connectivity index (χ3n) is 7.42. The fraction of sp³-hybridized carbons (Fsp3) is 0.194. The molecule has 2 aliphatic rings. The van der Waals surface area contributed by atoms with E-state index in [2.05, 4.69) is 21.2 Å². The molecule has 2 aliphatic heterocycles. The summed E-state index contributed by atoms with van der Waals surface area (Å²) in [5.74, 6) is -3.26. The van der Waals surface area contributed by atoms with E-state index in [1.807, 2.05) is 24.3 Å². The molecular weight excluding hydrogens is 725 g/mol. The lowest BCUT2D eigenvalue weighted by Gasteiger charge is -2.30. The van der Waals surface area contributed by atoms with Gasteiger partial charge in [0.1, 0.15) is 11.8 Å². The second-order valence-electron chi connectivity index (χ2n) is 10.2. The summed E-state index contributed by atoms with van der Waals surface area (Å²) in [7, 11) is 0. The van der Waals surface area contributed by atoms with Gasteiger partial charge in [0, 0.05) is 21.0 Å². The van der Waals surface area contributed by atoms with Crippen molar-refractivity contribution < 1.29 is 23.9 Å². The first-order valence-corrected chi connectivity index (χ1v) is 16.9. The number of aromatic nitrogens is 1. The molecule has 3 heterocycles. The van der Waals surface area contributed by atoms with Crippen molar-refractivity contribution in [1.29, 1.82) is 0 Å². The van der Waals surface area contributed by atoms with Crippen molar-refractivity contribution in [2.45, 2.75) is 29.7 Å². The summed E-state index contributed by atoms with van der Waals surface area (Å²) in [4.78, 5) is 68.0. The minimum absolute atomic E-state index is 0.216. The van der Waals surface area contributed by atoms with E-state index in [9.17, 15) is 24.0 Å². The van der Waals surface area contributed by atoms with Gasteiger partial charge in [0.05, 0.1) is 38.8 Å². The van der Waals surface area contributed by atoms with E-state index < -0.39 is 40.8 Å². The number of benzene rings is 3. The smallest absolute Gasteiger partial charge is 0.338 e. The van der Waals surface area contributed by atoms with Crippen LogP contribution in [0.1, 0.15) is 33.6 Å². The average Bonchev–Trinajstić information content (AvgIpc) is 3.46. The van der Waals surface area contributed by atoms with Crippen LogP contribution in [-0.2, 0) is 25.7 Å². The summed E-state index contributed by atoms with van der Waals surface area (Å²) in [6.07, 6.45) is 0. The van der Waals surface area contributed by atoms with E-state index in [1.54, 1.807) is 19.1 Å². The Balaban J connectivity index is 1.36. The molecule has 45 heavy (non-hydrogen) atoms. The number of ether oxygens (including phenoxy) is 1. The van der Waals surface area contributed by atoms with Gasteiger partial charge in [-0.2, -0.15) is 0 Å². The maximum absolute atomic E-state index is 14.1. The van der Waals surface area contributed by atoms with E-state index >= 15 is 0 Å². The third-order valence-corrected chi connectivity index (χ3v) is 11.3. The number of esters is 1. The number of rotatable bonds is 7. The van der Waals surface area contributed by atoms with Crippen molar-refractivity contribution in [3.8, 4) is 0 Å². The largest absolute Gasteiger partial charge is 0.462 e. The minimum Gasteiger partial charge on any atom is -0.462 e. The molecule has 0 bridgehead atoms. The number of fused-ring (bicyclic) bond motifs is 2. The predicted octanol–water partition coefficient (Wildman–Crippen LogP) is 6.59. The van der Waals surface area contributed by atoms with Crippen LogP contribution in [0.4, 0.5) is 11.4 Å². The van der Waals surface area contributed by atoms with Gasteiger partial charge in [-0.25, -0.2) is 9.69 Å². The van der Waals surface area contributed by atoms with Crippen LogP contribution >= 0.6 is 62.2 Å². The molecule has 6 rings (SSSR count). The molecule has 14 heteroatoms. The van der Waals surface area contributed by atoms with Crippen molar-refractivity contribution in [2.75, 3.05) is 16.8 Å². The molecule has 1 N–H and O–H groups in total. The molecule has 0 spiro atoms. The molecule has 4 aromatic rings. The summed E-state index contributed by atoms with van der Waals surface area (Å²) >= 11 is 17.6. The zero-order valence-corrected chi connectivity index (χ0v) is 28.0. The van der Waals surface area contributed by atoms with Crippen LogP contribution in [-0.4, -0.2) is 40.1 Å². The number of carbonyl (C=O) groups is 4. The van der Waals surface area contributed by atoms with Crippen molar-refractivity contribution in [3.63, 3.8) is 0 Å². The summed E-state index contributed by atoms with van der Waals surface area (Å²) < 4.78 is 7.21. The van der Waals surface area contributed by atoms with Crippen LogP contribution in [0.5, 0.6) is 0 Å². The number of anilines is 2. The number of hydrogen-bond acceptors (Lipinski definition) is 8. The first-order valence-electron chi connectivity index (χ1n) is 13.6. The van der Waals surface area contributed by atoms with Crippen LogP contribution in [0.2, 0.25) is 10.0 Å². The molecule has 3 atom stereocenters. The molecular formula is C31H22BrCl2N3O6S2. The highest BCUT2D eigenvalue weighted by Crippen LogP contribution is 2.54. The van der Waals surface area contributed by atoms with Gasteiger partial charge in [0.25, 0.3) is 0 Å². The van der Waals surface area contributed by atoms with Crippen molar-refractivity contribution >= 4 is 97.3 Å². The van der Waals surface area contributed by atoms with Gasteiger partial charge in [-0.1, -0.05) is 74.4 Å². The summed E-state index contributed by atoms with van der Waals surface area (Å²) in [6, 6.07) is 18.1. The lowest BCUT2D eigenvalue weighted by molar-refractivity contribution is -0.122. The number of nitrogens with one attached hydrogen (secondary N) is 1. The molecule has 1 saturated heterocycles. The normalized spacial score (nSPS) is 18.8. The molecule has 0 radical (unpaired) electrons. The zero-order valence-electron chi connectivity index (χ0n) is 23.3.